The minimum atomic E-state index is 0.130. The van der Waals surface area contributed by atoms with E-state index in [-0.39, 0.29) is 18.1 Å². The fourth-order valence-electron chi connectivity index (χ4n) is 6.15. The van der Waals surface area contributed by atoms with E-state index in [4.69, 9.17) is 4.74 Å². The van der Waals surface area contributed by atoms with Gasteiger partial charge in [0.2, 0.25) is 5.91 Å². The summed E-state index contributed by atoms with van der Waals surface area (Å²) in [5, 5.41) is 6.53. The Hall–Kier alpha value is -0.610. The predicted octanol–water partition coefficient (Wildman–Crippen LogP) is 1.70. The maximum absolute atomic E-state index is 12.6. The summed E-state index contributed by atoms with van der Waals surface area (Å²) in [6.07, 6.45) is 9.14. The molecule has 4 aliphatic carbocycles. The summed E-state index contributed by atoms with van der Waals surface area (Å²) in [6, 6.07) is 0.149. The average molecular weight is 292 g/mol. The van der Waals surface area contributed by atoms with Crippen molar-refractivity contribution in [1.29, 1.82) is 0 Å². The molecule has 4 saturated carbocycles. The fraction of sp³-hybridized carbons (Fsp3) is 0.941. The summed E-state index contributed by atoms with van der Waals surface area (Å²) in [7, 11) is 1.73. The van der Waals surface area contributed by atoms with E-state index in [0.717, 1.165) is 37.3 Å². The van der Waals surface area contributed by atoms with Gasteiger partial charge in [0.1, 0.15) is 0 Å². The molecule has 0 spiro atoms. The Morgan fingerprint density at radius 2 is 1.76 bits per heavy atom. The lowest BCUT2D eigenvalue weighted by atomic mass is 9.49. The van der Waals surface area contributed by atoms with E-state index in [1.165, 1.54) is 38.5 Å². The highest BCUT2D eigenvalue weighted by molar-refractivity contribution is 5.77. The van der Waals surface area contributed by atoms with Gasteiger partial charge < -0.3 is 15.4 Å². The van der Waals surface area contributed by atoms with Crippen molar-refractivity contribution in [3.8, 4) is 0 Å². The molecule has 4 heteroatoms. The first-order valence-corrected chi connectivity index (χ1v) is 8.69. The Kier molecular flexibility index (Phi) is 3.49. The third-order valence-electron chi connectivity index (χ3n) is 6.51. The van der Waals surface area contributed by atoms with E-state index in [0.29, 0.717) is 5.41 Å². The molecule has 1 amide bonds. The Morgan fingerprint density at radius 3 is 2.33 bits per heavy atom. The van der Waals surface area contributed by atoms with Gasteiger partial charge in [0.15, 0.2) is 0 Å². The van der Waals surface area contributed by atoms with Gasteiger partial charge in [-0.05, 0) is 61.7 Å². The molecule has 1 unspecified atom stereocenters. The Bertz CT molecular complexity index is 388. The summed E-state index contributed by atoms with van der Waals surface area (Å²) in [6.45, 7) is 1.68. The van der Waals surface area contributed by atoms with Gasteiger partial charge in [0.25, 0.3) is 0 Å². The van der Waals surface area contributed by atoms with E-state index >= 15 is 0 Å². The normalized spacial score (nSPS) is 47.8. The zero-order valence-electron chi connectivity index (χ0n) is 13.1. The van der Waals surface area contributed by atoms with Crippen molar-refractivity contribution >= 4 is 5.91 Å². The largest absolute Gasteiger partial charge is 0.378 e. The molecule has 4 nitrogen and oxygen atoms in total. The smallest absolute Gasteiger partial charge is 0.220 e. The van der Waals surface area contributed by atoms with E-state index < -0.39 is 0 Å². The molecule has 4 bridgehead atoms. The molecular formula is C17H28N2O2. The van der Waals surface area contributed by atoms with Crippen molar-refractivity contribution in [3.63, 3.8) is 0 Å². The molecule has 2 atom stereocenters. The van der Waals surface area contributed by atoms with Crippen LogP contribution in [0.25, 0.3) is 0 Å². The molecule has 0 aromatic heterocycles. The first-order valence-electron chi connectivity index (χ1n) is 8.69. The second-order valence-electron chi connectivity index (χ2n) is 8.20. The molecule has 1 saturated heterocycles. The molecule has 1 heterocycles. The van der Waals surface area contributed by atoms with Crippen molar-refractivity contribution in [2.24, 2.45) is 23.2 Å². The van der Waals surface area contributed by atoms with Crippen molar-refractivity contribution in [2.45, 2.75) is 57.1 Å². The van der Waals surface area contributed by atoms with Gasteiger partial charge in [-0.15, -0.1) is 0 Å². The zero-order chi connectivity index (χ0) is 14.4. The SMILES string of the molecule is CO[C@H]1CNCC1NC(=O)CC12CC3CC(CC(C3)C1)C2. The molecule has 5 fully saturated rings. The van der Waals surface area contributed by atoms with Crippen molar-refractivity contribution in [3.05, 3.63) is 0 Å². The zero-order valence-corrected chi connectivity index (χ0v) is 13.1. The summed E-state index contributed by atoms with van der Waals surface area (Å²) >= 11 is 0. The summed E-state index contributed by atoms with van der Waals surface area (Å²) in [5.74, 6) is 3.02. The molecule has 0 aromatic rings. The number of methoxy groups -OCH3 is 1. The topological polar surface area (TPSA) is 50.4 Å². The lowest BCUT2D eigenvalue weighted by Crippen LogP contribution is -2.50. The molecule has 118 valence electrons. The van der Waals surface area contributed by atoms with Crippen LogP contribution >= 0.6 is 0 Å². The Morgan fingerprint density at radius 1 is 1.14 bits per heavy atom. The van der Waals surface area contributed by atoms with Crippen molar-refractivity contribution < 1.29 is 9.53 Å². The van der Waals surface area contributed by atoms with Gasteiger partial charge in [0, 0.05) is 26.6 Å². The minimum Gasteiger partial charge on any atom is -0.378 e. The Labute approximate surface area is 127 Å². The number of carbonyl (C=O) groups is 1. The molecule has 5 rings (SSSR count). The van der Waals surface area contributed by atoms with Crippen LogP contribution in [0.4, 0.5) is 0 Å². The quantitative estimate of drug-likeness (QED) is 0.829. The number of rotatable bonds is 4. The summed E-state index contributed by atoms with van der Waals surface area (Å²) in [5.41, 5.74) is 0.341. The lowest BCUT2D eigenvalue weighted by molar-refractivity contribution is -0.130. The maximum Gasteiger partial charge on any atom is 0.220 e. The number of nitrogens with one attached hydrogen (secondary N) is 2. The van der Waals surface area contributed by atoms with Gasteiger partial charge in [-0.2, -0.15) is 0 Å². The van der Waals surface area contributed by atoms with E-state index in [9.17, 15) is 4.79 Å². The molecule has 0 radical (unpaired) electrons. The monoisotopic (exact) mass is 292 g/mol. The van der Waals surface area contributed by atoms with Crippen LogP contribution in [0.15, 0.2) is 0 Å². The van der Waals surface area contributed by atoms with Gasteiger partial charge >= 0.3 is 0 Å². The first-order chi connectivity index (χ1) is 10.2. The van der Waals surface area contributed by atoms with Crippen LogP contribution in [-0.2, 0) is 9.53 Å². The third-order valence-corrected chi connectivity index (χ3v) is 6.51. The van der Waals surface area contributed by atoms with Gasteiger partial charge in [-0.3, -0.25) is 4.79 Å². The standard InChI is InChI=1S/C17H28N2O2/c1-21-15-10-18-9-14(15)19-16(20)8-17-5-11-2-12(6-17)4-13(3-11)7-17/h11-15,18H,2-10H2,1H3,(H,19,20)/t11?,12?,13?,14?,15-,17?/m0/s1. The molecule has 2 N–H and O–H groups in total. The highest BCUT2D eigenvalue weighted by atomic mass is 16.5. The van der Waals surface area contributed by atoms with E-state index in [1.807, 2.05) is 0 Å². The second kappa shape index (κ2) is 5.24. The molecular weight excluding hydrogens is 264 g/mol. The molecule has 1 aliphatic heterocycles. The van der Waals surface area contributed by atoms with Crippen LogP contribution in [-0.4, -0.2) is 38.3 Å². The summed E-state index contributed by atoms with van der Waals surface area (Å²) in [4.78, 5) is 12.6. The average Bonchev–Trinajstić information content (AvgIpc) is 2.83. The number of hydrogen-bond acceptors (Lipinski definition) is 3. The van der Waals surface area contributed by atoms with Crippen molar-refractivity contribution in [1.82, 2.24) is 10.6 Å². The van der Waals surface area contributed by atoms with Crippen LogP contribution in [0.1, 0.15) is 44.9 Å². The molecule has 0 aromatic carbocycles. The van der Waals surface area contributed by atoms with Crippen LogP contribution < -0.4 is 10.6 Å². The predicted molar refractivity (Wildman–Crippen MR) is 80.8 cm³/mol. The Balaban J connectivity index is 1.38. The second-order valence-corrected chi connectivity index (χ2v) is 8.20. The van der Waals surface area contributed by atoms with Gasteiger partial charge in [-0.25, -0.2) is 0 Å². The highest BCUT2D eigenvalue weighted by Crippen LogP contribution is 2.61. The van der Waals surface area contributed by atoms with Gasteiger partial charge in [-0.1, -0.05) is 0 Å². The minimum absolute atomic E-state index is 0.130. The van der Waals surface area contributed by atoms with Crippen LogP contribution in [0.3, 0.4) is 0 Å². The third kappa shape index (κ3) is 2.61. The number of hydrogen-bond donors (Lipinski definition) is 2. The number of amides is 1. The van der Waals surface area contributed by atoms with Crippen LogP contribution in [0.2, 0.25) is 0 Å². The van der Waals surface area contributed by atoms with Crippen LogP contribution in [0.5, 0.6) is 0 Å². The van der Waals surface area contributed by atoms with E-state index in [1.54, 1.807) is 7.11 Å². The van der Waals surface area contributed by atoms with E-state index in [2.05, 4.69) is 10.6 Å². The highest BCUT2D eigenvalue weighted by Gasteiger charge is 2.51. The molecule has 21 heavy (non-hydrogen) atoms. The molecule has 5 aliphatic rings. The maximum atomic E-state index is 12.6. The number of ether oxygens (including phenoxy) is 1. The summed E-state index contributed by atoms with van der Waals surface area (Å²) < 4.78 is 5.44. The van der Waals surface area contributed by atoms with Crippen molar-refractivity contribution in [2.75, 3.05) is 20.2 Å². The van der Waals surface area contributed by atoms with Gasteiger partial charge in [0.05, 0.1) is 12.1 Å². The van der Waals surface area contributed by atoms with Crippen LogP contribution in [0, 0.1) is 23.2 Å². The first kappa shape index (κ1) is 14.0. The fourth-order valence-corrected chi connectivity index (χ4v) is 6.15. The number of carbonyl (C=O) groups excluding carboxylic acids is 1. The lowest BCUT2D eigenvalue weighted by Gasteiger charge is -2.56.